The molecule has 3 aromatic heterocycles. The molecule has 9 nitrogen and oxygen atoms in total. The molecular formula is C20H27N7O2. The van der Waals surface area contributed by atoms with Crippen LogP contribution in [0.2, 0.25) is 0 Å². The number of morpholine rings is 1. The summed E-state index contributed by atoms with van der Waals surface area (Å²) in [4.78, 5) is 7.29. The van der Waals surface area contributed by atoms with Crippen LogP contribution in [0.15, 0.2) is 18.3 Å². The Morgan fingerprint density at radius 2 is 2.14 bits per heavy atom. The molecule has 0 aromatic carbocycles. The monoisotopic (exact) mass is 397 g/mol. The number of rotatable bonds is 3. The summed E-state index contributed by atoms with van der Waals surface area (Å²) in [5.41, 5.74) is 3.23. The van der Waals surface area contributed by atoms with Gasteiger partial charge in [0, 0.05) is 25.4 Å². The van der Waals surface area contributed by atoms with E-state index in [0.717, 1.165) is 53.4 Å². The van der Waals surface area contributed by atoms with Crippen LogP contribution in [0.4, 0.5) is 5.82 Å². The standard InChI is InChI=1S/C20H27N7O2/c1-13-12-29-10-9-27(13)16-11-14(20(28)4-7-21-8-5-20)19-18(23-16)17(25-26(19)2)15-3-6-22-24-15/h3,6,11,13,21,28H,4-5,7-10,12H2,1-2H3,(H,22,24)/t13-/m1/s1. The van der Waals surface area contributed by atoms with Crippen LogP contribution in [0.1, 0.15) is 25.3 Å². The quantitative estimate of drug-likeness (QED) is 0.609. The van der Waals surface area contributed by atoms with E-state index < -0.39 is 5.60 Å². The van der Waals surface area contributed by atoms with Gasteiger partial charge < -0.3 is 20.1 Å². The van der Waals surface area contributed by atoms with Gasteiger partial charge in [-0.15, -0.1) is 0 Å². The number of aromatic amines is 1. The molecule has 2 saturated heterocycles. The smallest absolute Gasteiger partial charge is 0.136 e. The first-order chi connectivity index (χ1) is 14.1. The van der Waals surface area contributed by atoms with Gasteiger partial charge in [-0.3, -0.25) is 9.78 Å². The third-order valence-electron chi connectivity index (χ3n) is 6.13. The number of hydrogen-bond donors (Lipinski definition) is 3. The van der Waals surface area contributed by atoms with Crippen LogP contribution in [0.5, 0.6) is 0 Å². The van der Waals surface area contributed by atoms with Gasteiger partial charge in [-0.25, -0.2) is 4.98 Å². The summed E-state index contributed by atoms with van der Waals surface area (Å²) >= 11 is 0. The molecule has 2 aliphatic rings. The van der Waals surface area contributed by atoms with E-state index in [9.17, 15) is 5.11 Å². The van der Waals surface area contributed by atoms with Crippen LogP contribution in [0.3, 0.4) is 0 Å². The van der Waals surface area contributed by atoms with Crippen molar-refractivity contribution in [2.75, 3.05) is 37.7 Å². The second kappa shape index (κ2) is 7.08. The van der Waals surface area contributed by atoms with Crippen LogP contribution in [0.25, 0.3) is 22.4 Å². The minimum atomic E-state index is -0.907. The molecule has 0 amide bonds. The number of H-pyrrole nitrogens is 1. The average molecular weight is 397 g/mol. The van der Waals surface area contributed by atoms with E-state index in [1.807, 2.05) is 17.8 Å². The minimum absolute atomic E-state index is 0.219. The highest BCUT2D eigenvalue weighted by Crippen LogP contribution is 2.39. The Balaban J connectivity index is 1.75. The fourth-order valence-corrected chi connectivity index (χ4v) is 4.51. The number of aryl methyl sites for hydroxylation is 1. The average Bonchev–Trinajstić information content (AvgIpc) is 3.36. The normalized spacial score (nSPS) is 22.3. The van der Waals surface area contributed by atoms with E-state index in [4.69, 9.17) is 14.8 Å². The second-order valence-corrected chi connectivity index (χ2v) is 8.07. The molecule has 29 heavy (non-hydrogen) atoms. The number of fused-ring (bicyclic) bond motifs is 1. The SMILES string of the molecule is C[C@@H]1COCCN1c1cc(C2(O)CCNCC2)c2c(n1)c(-c1ccn[nH]1)nn2C. The lowest BCUT2D eigenvalue weighted by Crippen LogP contribution is -2.44. The Hall–Kier alpha value is -2.49. The van der Waals surface area contributed by atoms with Gasteiger partial charge in [-0.05, 0) is 45.0 Å². The number of nitrogens with zero attached hydrogens (tertiary/aromatic N) is 5. The Morgan fingerprint density at radius 1 is 1.31 bits per heavy atom. The molecule has 5 rings (SSSR count). The number of aliphatic hydroxyl groups is 1. The number of pyridine rings is 1. The molecule has 0 unspecified atom stereocenters. The predicted molar refractivity (Wildman–Crippen MR) is 110 cm³/mol. The highest BCUT2D eigenvalue weighted by molar-refractivity contribution is 5.92. The van der Waals surface area contributed by atoms with Gasteiger partial charge in [0.05, 0.1) is 36.1 Å². The molecule has 3 N–H and O–H groups in total. The topological polar surface area (TPSA) is 104 Å². The molecule has 1 atom stereocenters. The Kier molecular flexibility index (Phi) is 4.53. The number of aromatic nitrogens is 5. The maximum absolute atomic E-state index is 11.6. The van der Waals surface area contributed by atoms with E-state index >= 15 is 0 Å². The van der Waals surface area contributed by atoms with Gasteiger partial charge in [-0.1, -0.05) is 0 Å². The molecule has 0 spiro atoms. The first-order valence-electron chi connectivity index (χ1n) is 10.2. The number of piperidine rings is 1. The van der Waals surface area contributed by atoms with Gasteiger partial charge in [0.2, 0.25) is 0 Å². The third kappa shape index (κ3) is 3.09. The van der Waals surface area contributed by atoms with E-state index in [2.05, 4.69) is 33.4 Å². The van der Waals surface area contributed by atoms with E-state index in [0.29, 0.717) is 26.1 Å². The summed E-state index contributed by atoms with van der Waals surface area (Å²) in [7, 11) is 1.91. The molecule has 9 heteroatoms. The highest BCUT2D eigenvalue weighted by atomic mass is 16.5. The number of nitrogens with one attached hydrogen (secondary N) is 2. The van der Waals surface area contributed by atoms with Gasteiger partial charge in [-0.2, -0.15) is 10.2 Å². The van der Waals surface area contributed by atoms with Crippen molar-refractivity contribution in [2.45, 2.75) is 31.4 Å². The lowest BCUT2D eigenvalue weighted by molar-refractivity contribution is 0.00698. The molecule has 0 bridgehead atoms. The predicted octanol–water partition coefficient (Wildman–Crippen LogP) is 1.15. The first kappa shape index (κ1) is 18.5. The zero-order chi connectivity index (χ0) is 20.0. The molecule has 0 radical (unpaired) electrons. The molecule has 3 aromatic rings. The van der Waals surface area contributed by atoms with Crippen LogP contribution < -0.4 is 10.2 Å². The van der Waals surface area contributed by atoms with Crippen molar-refractivity contribution < 1.29 is 9.84 Å². The number of hydrogen-bond acceptors (Lipinski definition) is 7. The Labute approximate surface area is 169 Å². The fraction of sp³-hybridized carbons (Fsp3) is 0.550. The molecule has 2 aliphatic heterocycles. The van der Waals surface area contributed by atoms with Gasteiger partial charge >= 0.3 is 0 Å². The summed E-state index contributed by atoms with van der Waals surface area (Å²) in [6, 6.07) is 4.18. The van der Waals surface area contributed by atoms with Crippen LogP contribution in [-0.4, -0.2) is 69.0 Å². The van der Waals surface area contributed by atoms with Crippen molar-refractivity contribution >= 4 is 16.9 Å². The molecule has 0 saturated carbocycles. The van der Waals surface area contributed by atoms with Crippen molar-refractivity contribution in [1.29, 1.82) is 0 Å². The molecule has 5 heterocycles. The number of anilines is 1. The summed E-state index contributed by atoms with van der Waals surface area (Å²) in [6.45, 7) is 5.84. The van der Waals surface area contributed by atoms with E-state index in [1.165, 1.54) is 0 Å². The third-order valence-corrected chi connectivity index (χ3v) is 6.13. The van der Waals surface area contributed by atoms with Crippen molar-refractivity contribution in [3.63, 3.8) is 0 Å². The van der Waals surface area contributed by atoms with Gasteiger partial charge in [0.1, 0.15) is 17.0 Å². The molecule has 0 aliphatic carbocycles. The first-order valence-corrected chi connectivity index (χ1v) is 10.2. The summed E-state index contributed by atoms with van der Waals surface area (Å²) < 4.78 is 7.45. The van der Waals surface area contributed by atoms with E-state index in [-0.39, 0.29) is 6.04 Å². The van der Waals surface area contributed by atoms with Crippen molar-refractivity contribution in [3.8, 4) is 11.4 Å². The highest BCUT2D eigenvalue weighted by Gasteiger charge is 2.36. The van der Waals surface area contributed by atoms with E-state index in [1.54, 1.807) is 6.20 Å². The van der Waals surface area contributed by atoms with Gasteiger partial charge in [0.25, 0.3) is 0 Å². The zero-order valence-electron chi connectivity index (χ0n) is 16.9. The Bertz CT molecular complexity index is 1010. The molecule has 2 fully saturated rings. The maximum Gasteiger partial charge on any atom is 0.136 e. The van der Waals surface area contributed by atoms with Crippen LogP contribution in [-0.2, 0) is 17.4 Å². The largest absolute Gasteiger partial charge is 0.385 e. The lowest BCUT2D eigenvalue weighted by atomic mass is 9.84. The zero-order valence-corrected chi connectivity index (χ0v) is 16.9. The molecular weight excluding hydrogens is 370 g/mol. The van der Waals surface area contributed by atoms with Crippen LogP contribution in [0, 0.1) is 0 Å². The van der Waals surface area contributed by atoms with Gasteiger partial charge in [0.15, 0.2) is 0 Å². The Morgan fingerprint density at radius 3 is 2.86 bits per heavy atom. The summed E-state index contributed by atoms with van der Waals surface area (Å²) in [6.07, 6.45) is 3.04. The molecule has 154 valence electrons. The fourth-order valence-electron chi connectivity index (χ4n) is 4.51. The lowest BCUT2D eigenvalue weighted by Gasteiger charge is -2.37. The maximum atomic E-state index is 11.6. The van der Waals surface area contributed by atoms with Crippen molar-refractivity contribution in [1.82, 2.24) is 30.3 Å². The van der Waals surface area contributed by atoms with Crippen molar-refractivity contribution in [3.05, 3.63) is 23.9 Å². The minimum Gasteiger partial charge on any atom is -0.385 e. The second-order valence-electron chi connectivity index (χ2n) is 8.07. The summed E-state index contributed by atoms with van der Waals surface area (Å²) in [5.74, 6) is 0.865. The number of ether oxygens (including phenoxy) is 1. The van der Waals surface area contributed by atoms with Crippen molar-refractivity contribution in [2.24, 2.45) is 7.05 Å². The van der Waals surface area contributed by atoms with Crippen LogP contribution >= 0.6 is 0 Å². The summed E-state index contributed by atoms with van der Waals surface area (Å²) in [5, 5.41) is 26.8.